The second-order valence-corrected chi connectivity index (χ2v) is 5.36. The zero-order valence-electron chi connectivity index (χ0n) is 11.5. The first kappa shape index (κ1) is 14.3. The van der Waals surface area contributed by atoms with Gasteiger partial charge >= 0.3 is 0 Å². The number of amides is 1. The van der Waals surface area contributed by atoms with Gasteiger partial charge in [0, 0.05) is 5.56 Å². The van der Waals surface area contributed by atoms with Crippen LogP contribution < -0.4 is 11.1 Å². The van der Waals surface area contributed by atoms with Gasteiger partial charge in [0.05, 0.1) is 17.1 Å². The van der Waals surface area contributed by atoms with E-state index in [9.17, 15) is 4.79 Å². The maximum atomic E-state index is 12.3. The molecule has 1 aromatic carbocycles. The molecule has 0 saturated carbocycles. The van der Waals surface area contributed by atoms with Gasteiger partial charge in [-0.05, 0) is 48.6 Å². The molecule has 0 fully saturated rings. The van der Waals surface area contributed by atoms with Gasteiger partial charge in [0.25, 0.3) is 5.91 Å². The molecule has 0 saturated heterocycles. The van der Waals surface area contributed by atoms with Gasteiger partial charge in [0.1, 0.15) is 0 Å². The molecular weight excluding hydrogens is 268 g/mol. The number of aryl methyl sites for hydroxylation is 2. The fourth-order valence-electron chi connectivity index (χ4n) is 1.80. The van der Waals surface area contributed by atoms with Gasteiger partial charge in [-0.1, -0.05) is 17.9 Å². The summed E-state index contributed by atoms with van der Waals surface area (Å²) in [5.41, 5.74) is 8.95. The van der Waals surface area contributed by atoms with Crippen molar-refractivity contribution in [3.05, 3.63) is 51.2 Å². The van der Waals surface area contributed by atoms with E-state index in [0.29, 0.717) is 6.54 Å². The second kappa shape index (κ2) is 6.38. The number of carbonyl (C=O) groups is 1. The lowest BCUT2D eigenvalue weighted by atomic mass is 10.1. The Labute approximate surface area is 122 Å². The Morgan fingerprint density at radius 1 is 1.35 bits per heavy atom. The molecule has 0 aliphatic rings. The molecule has 0 unspecified atom stereocenters. The van der Waals surface area contributed by atoms with Crippen LogP contribution in [-0.2, 0) is 0 Å². The van der Waals surface area contributed by atoms with Crippen LogP contribution in [0.5, 0.6) is 0 Å². The largest absolute Gasteiger partial charge is 0.320 e. The van der Waals surface area contributed by atoms with Gasteiger partial charge < -0.3 is 11.1 Å². The summed E-state index contributed by atoms with van der Waals surface area (Å²) >= 11 is 1.44. The minimum absolute atomic E-state index is 0.0982. The fourth-order valence-corrected chi connectivity index (χ4v) is 2.62. The normalized spacial score (nSPS) is 9.75. The summed E-state index contributed by atoms with van der Waals surface area (Å²) in [6.07, 6.45) is 0. The van der Waals surface area contributed by atoms with Gasteiger partial charge in [-0.15, -0.1) is 11.3 Å². The van der Waals surface area contributed by atoms with Crippen molar-refractivity contribution in [1.82, 2.24) is 0 Å². The van der Waals surface area contributed by atoms with E-state index < -0.39 is 0 Å². The summed E-state index contributed by atoms with van der Waals surface area (Å²) in [6.45, 7) is 4.20. The van der Waals surface area contributed by atoms with Crippen LogP contribution in [0.1, 0.15) is 26.4 Å². The molecule has 1 heterocycles. The van der Waals surface area contributed by atoms with Crippen molar-refractivity contribution < 1.29 is 4.79 Å². The highest BCUT2D eigenvalue weighted by Crippen LogP contribution is 2.21. The van der Waals surface area contributed by atoms with Crippen LogP contribution in [0.4, 0.5) is 5.69 Å². The molecule has 3 nitrogen and oxygen atoms in total. The molecule has 0 bridgehead atoms. The van der Waals surface area contributed by atoms with Crippen LogP contribution >= 0.6 is 11.3 Å². The first-order valence-electron chi connectivity index (χ1n) is 6.27. The average molecular weight is 284 g/mol. The van der Waals surface area contributed by atoms with Crippen LogP contribution in [0, 0.1) is 25.7 Å². The lowest BCUT2D eigenvalue weighted by molar-refractivity contribution is 0.103. The SMILES string of the molecule is Cc1ccc(C#CCN)c(NC(=O)c2sccc2C)c1. The summed E-state index contributed by atoms with van der Waals surface area (Å²) < 4.78 is 0. The molecule has 3 N–H and O–H groups in total. The lowest BCUT2D eigenvalue weighted by Gasteiger charge is -2.08. The standard InChI is InChI=1S/C16H16N2OS/c1-11-5-6-13(4-3-8-17)14(10-11)18-16(19)15-12(2)7-9-20-15/h5-7,9-10H,8,17H2,1-2H3,(H,18,19). The Morgan fingerprint density at radius 2 is 2.15 bits per heavy atom. The lowest BCUT2D eigenvalue weighted by Crippen LogP contribution is -2.12. The number of nitrogens with two attached hydrogens (primary N) is 1. The molecule has 1 aromatic heterocycles. The topological polar surface area (TPSA) is 55.1 Å². The summed E-state index contributed by atoms with van der Waals surface area (Å²) in [5, 5.41) is 4.84. The van der Waals surface area contributed by atoms with Crippen molar-refractivity contribution in [2.75, 3.05) is 11.9 Å². The van der Waals surface area contributed by atoms with Crippen LogP contribution in [0.25, 0.3) is 0 Å². The molecular formula is C16H16N2OS. The third-order valence-corrected chi connectivity index (χ3v) is 3.83. The Bertz CT molecular complexity index is 692. The van der Waals surface area contributed by atoms with Gasteiger partial charge in [-0.2, -0.15) is 0 Å². The van der Waals surface area contributed by atoms with Crippen molar-refractivity contribution in [1.29, 1.82) is 0 Å². The van der Waals surface area contributed by atoms with Gasteiger partial charge in [-0.25, -0.2) is 0 Å². The predicted molar refractivity (Wildman–Crippen MR) is 84.1 cm³/mol. The molecule has 0 radical (unpaired) electrons. The van der Waals surface area contributed by atoms with Crippen LogP contribution in [-0.4, -0.2) is 12.5 Å². The first-order chi connectivity index (χ1) is 9.61. The molecule has 1 amide bonds. The smallest absolute Gasteiger partial charge is 0.266 e. The molecule has 2 aromatic rings. The number of thiophene rings is 1. The van der Waals surface area contributed by atoms with Crippen molar-refractivity contribution in [3.8, 4) is 11.8 Å². The van der Waals surface area contributed by atoms with Crippen molar-refractivity contribution in [2.24, 2.45) is 5.73 Å². The van der Waals surface area contributed by atoms with E-state index in [1.54, 1.807) is 0 Å². The molecule has 0 spiro atoms. The molecule has 0 atom stereocenters. The Balaban J connectivity index is 2.31. The molecule has 102 valence electrons. The Hall–Kier alpha value is -2.09. The van der Waals surface area contributed by atoms with Crippen LogP contribution in [0.2, 0.25) is 0 Å². The molecule has 0 aliphatic carbocycles. The zero-order chi connectivity index (χ0) is 14.5. The first-order valence-corrected chi connectivity index (χ1v) is 7.15. The van der Waals surface area contributed by atoms with Crippen LogP contribution in [0.3, 0.4) is 0 Å². The van der Waals surface area contributed by atoms with Crippen LogP contribution in [0.15, 0.2) is 29.6 Å². The van der Waals surface area contributed by atoms with E-state index in [0.717, 1.165) is 27.3 Å². The Kier molecular flexibility index (Phi) is 4.57. The minimum atomic E-state index is -0.0982. The summed E-state index contributed by atoms with van der Waals surface area (Å²) in [4.78, 5) is 13.0. The highest BCUT2D eigenvalue weighted by molar-refractivity contribution is 7.12. The number of hydrogen-bond donors (Lipinski definition) is 2. The fraction of sp³-hybridized carbons (Fsp3) is 0.188. The average Bonchev–Trinajstić information content (AvgIpc) is 2.84. The van der Waals surface area contributed by atoms with Gasteiger partial charge in [-0.3, -0.25) is 4.79 Å². The highest BCUT2D eigenvalue weighted by Gasteiger charge is 2.12. The third kappa shape index (κ3) is 3.27. The van der Waals surface area contributed by atoms with E-state index in [1.807, 2.05) is 43.5 Å². The van der Waals surface area contributed by atoms with Crippen molar-refractivity contribution >= 4 is 22.9 Å². The van der Waals surface area contributed by atoms with E-state index in [2.05, 4.69) is 17.2 Å². The van der Waals surface area contributed by atoms with Crippen molar-refractivity contribution in [3.63, 3.8) is 0 Å². The summed E-state index contributed by atoms with van der Waals surface area (Å²) in [7, 11) is 0. The Morgan fingerprint density at radius 3 is 2.80 bits per heavy atom. The molecule has 20 heavy (non-hydrogen) atoms. The number of carbonyl (C=O) groups excluding carboxylic acids is 1. The van der Waals surface area contributed by atoms with E-state index in [-0.39, 0.29) is 5.91 Å². The van der Waals surface area contributed by atoms with E-state index >= 15 is 0 Å². The van der Waals surface area contributed by atoms with Crippen molar-refractivity contribution in [2.45, 2.75) is 13.8 Å². The van der Waals surface area contributed by atoms with E-state index in [4.69, 9.17) is 5.73 Å². The summed E-state index contributed by atoms with van der Waals surface area (Å²) in [6, 6.07) is 7.72. The minimum Gasteiger partial charge on any atom is -0.320 e. The number of rotatable bonds is 2. The third-order valence-electron chi connectivity index (χ3n) is 2.82. The quantitative estimate of drug-likeness (QED) is 0.833. The number of anilines is 1. The molecule has 4 heteroatoms. The monoisotopic (exact) mass is 284 g/mol. The number of nitrogens with one attached hydrogen (secondary N) is 1. The molecule has 2 rings (SSSR count). The summed E-state index contributed by atoms with van der Waals surface area (Å²) in [5.74, 6) is 5.69. The number of benzene rings is 1. The maximum absolute atomic E-state index is 12.3. The van der Waals surface area contributed by atoms with Gasteiger partial charge in [0.15, 0.2) is 0 Å². The highest BCUT2D eigenvalue weighted by atomic mass is 32.1. The van der Waals surface area contributed by atoms with Gasteiger partial charge in [0.2, 0.25) is 0 Å². The molecule has 0 aliphatic heterocycles. The zero-order valence-corrected chi connectivity index (χ0v) is 12.3. The van der Waals surface area contributed by atoms with E-state index in [1.165, 1.54) is 11.3 Å². The maximum Gasteiger partial charge on any atom is 0.266 e. The second-order valence-electron chi connectivity index (χ2n) is 4.44. The predicted octanol–water partition coefficient (Wildman–Crippen LogP) is 2.93. The number of hydrogen-bond acceptors (Lipinski definition) is 3.